The fourth-order valence-electron chi connectivity index (χ4n) is 3.14. The van der Waals surface area contributed by atoms with Crippen molar-refractivity contribution in [2.75, 3.05) is 13.2 Å². The fourth-order valence-corrected chi connectivity index (χ4v) is 3.14. The third-order valence-electron chi connectivity index (χ3n) is 4.10. The van der Waals surface area contributed by atoms with Gasteiger partial charge >= 0.3 is 0 Å². The summed E-state index contributed by atoms with van der Waals surface area (Å²) >= 11 is 0. The lowest BCUT2D eigenvalue weighted by Gasteiger charge is -2.42. The summed E-state index contributed by atoms with van der Waals surface area (Å²) in [5.74, 6) is 0. The molecule has 0 saturated carbocycles. The predicted octanol–water partition coefficient (Wildman–Crippen LogP) is 2.35. The van der Waals surface area contributed by atoms with Crippen LogP contribution < -0.4 is 0 Å². The van der Waals surface area contributed by atoms with E-state index in [1.54, 1.807) is 0 Å². The van der Waals surface area contributed by atoms with Gasteiger partial charge < -0.3 is 10.2 Å². The van der Waals surface area contributed by atoms with E-state index in [2.05, 4.69) is 24.0 Å². The number of β-amino-alcohol motifs (C(OH)–C–C–N with tert-alkyl or cyclic N) is 1. The highest BCUT2D eigenvalue weighted by Crippen LogP contribution is 2.30. The molecule has 1 fully saturated rings. The first-order chi connectivity index (χ1) is 9.26. The number of likely N-dealkylation sites (tertiary alicyclic amines) is 1. The van der Waals surface area contributed by atoms with Crippen molar-refractivity contribution in [3.8, 4) is 0 Å². The zero-order chi connectivity index (χ0) is 13.7. The molecule has 19 heavy (non-hydrogen) atoms. The first-order valence-corrected chi connectivity index (χ1v) is 7.35. The summed E-state index contributed by atoms with van der Waals surface area (Å²) in [6.07, 6.45) is 3.93. The number of nitrogens with zero attached hydrogens (tertiary/aromatic N) is 1. The Morgan fingerprint density at radius 3 is 2.63 bits per heavy atom. The molecular weight excluding hydrogens is 238 g/mol. The average Bonchev–Trinajstić information content (AvgIpc) is 2.44. The lowest BCUT2D eigenvalue weighted by molar-refractivity contribution is -0.0106. The monoisotopic (exact) mass is 263 g/mol. The Bertz CT molecular complexity index is 368. The van der Waals surface area contributed by atoms with Crippen LogP contribution in [0.4, 0.5) is 0 Å². The molecule has 3 atom stereocenters. The minimum atomic E-state index is -0.258. The van der Waals surface area contributed by atoms with Crippen molar-refractivity contribution in [2.45, 2.75) is 50.8 Å². The molecule has 3 nitrogen and oxygen atoms in total. The smallest absolute Gasteiger partial charge is 0.0668 e. The van der Waals surface area contributed by atoms with Crippen molar-refractivity contribution >= 4 is 0 Å². The second kappa shape index (κ2) is 7.04. The number of hydrogen-bond acceptors (Lipinski definition) is 3. The highest BCUT2D eigenvalue weighted by Gasteiger charge is 2.32. The molecule has 0 bridgehead atoms. The van der Waals surface area contributed by atoms with E-state index in [0.29, 0.717) is 12.6 Å². The highest BCUT2D eigenvalue weighted by atomic mass is 16.3. The standard InChI is InChI=1S/C16H25NO2/c1-2-6-14-9-10-15(19)11-17(14)16(12-18)13-7-4-3-5-8-13/h3-5,7-8,14-16,18-19H,2,6,9-12H2,1H3/t14-,15-,16-/m0/s1. The van der Waals surface area contributed by atoms with Crippen LogP contribution in [-0.4, -0.2) is 40.4 Å². The molecule has 2 N–H and O–H groups in total. The van der Waals surface area contributed by atoms with Crippen LogP contribution in [0.2, 0.25) is 0 Å². The lowest BCUT2D eigenvalue weighted by Crippen LogP contribution is -2.48. The lowest BCUT2D eigenvalue weighted by atomic mass is 9.92. The van der Waals surface area contributed by atoms with E-state index in [-0.39, 0.29) is 18.8 Å². The van der Waals surface area contributed by atoms with Gasteiger partial charge in [0, 0.05) is 12.6 Å². The Morgan fingerprint density at radius 1 is 1.26 bits per heavy atom. The summed E-state index contributed by atoms with van der Waals surface area (Å²) in [7, 11) is 0. The number of rotatable bonds is 5. The van der Waals surface area contributed by atoms with Crippen molar-refractivity contribution in [3.05, 3.63) is 35.9 Å². The SMILES string of the molecule is CCC[C@H]1CC[C@H](O)CN1[C@@H](CO)c1ccccc1. The number of hydrogen-bond donors (Lipinski definition) is 2. The van der Waals surface area contributed by atoms with Crippen molar-refractivity contribution in [3.63, 3.8) is 0 Å². The van der Waals surface area contributed by atoms with E-state index >= 15 is 0 Å². The van der Waals surface area contributed by atoms with Crippen LogP contribution in [0.1, 0.15) is 44.2 Å². The Balaban J connectivity index is 2.18. The molecule has 106 valence electrons. The van der Waals surface area contributed by atoms with Crippen LogP contribution in [0, 0.1) is 0 Å². The van der Waals surface area contributed by atoms with Crippen LogP contribution in [0.5, 0.6) is 0 Å². The number of aliphatic hydroxyl groups excluding tert-OH is 2. The number of benzene rings is 1. The molecule has 1 aromatic carbocycles. The quantitative estimate of drug-likeness (QED) is 0.857. The normalized spacial score (nSPS) is 26.3. The molecule has 0 aromatic heterocycles. The van der Waals surface area contributed by atoms with E-state index in [4.69, 9.17) is 0 Å². The minimum absolute atomic E-state index is 0.00713. The fraction of sp³-hybridized carbons (Fsp3) is 0.625. The van der Waals surface area contributed by atoms with Gasteiger partial charge in [0.15, 0.2) is 0 Å². The maximum absolute atomic E-state index is 9.93. The van der Waals surface area contributed by atoms with Gasteiger partial charge in [-0.3, -0.25) is 4.90 Å². The van der Waals surface area contributed by atoms with Crippen LogP contribution in [0.3, 0.4) is 0 Å². The van der Waals surface area contributed by atoms with Gasteiger partial charge in [0.2, 0.25) is 0 Å². The molecule has 1 aliphatic rings. The zero-order valence-corrected chi connectivity index (χ0v) is 11.7. The summed E-state index contributed by atoms with van der Waals surface area (Å²) in [6, 6.07) is 10.6. The first kappa shape index (κ1) is 14.5. The molecule has 1 heterocycles. The molecule has 1 aromatic rings. The van der Waals surface area contributed by atoms with Gasteiger partial charge in [0.1, 0.15) is 0 Å². The van der Waals surface area contributed by atoms with Gasteiger partial charge in [-0.1, -0.05) is 43.7 Å². The van der Waals surface area contributed by atoms with Crippen molar-refractivity contribution in [1.82, 2.24) is 4.90 Å². The van der Waals surface area contributed by atoms with Gasteiger partial charge in [-0.15, -0.1) is 0 Å². The molecule has 3 heteroatoms. The molecule has 0 amide bonds. The van der Waals surface area contributed by atoms with Crippen LogP contribution >= 0.6 is 0 Å². The third kappa shape index (κ3) is 3.56. The molecule has 2 rings (SSSR count). The first-order valence-electron chi connectivity index (χ1n) is 7.35. The molecular formula is C16H25NO2. The number of aliphatic hydroxyl groups is 2. The maximum atomic E-state index is 9.93. The summed E-state index contributed by atoms with van der Waals surface area (Å²) in [5.41, 5.74) is 1.14. The molecule has 0 aliphatic carbocycles. The zero-order valence-electron chi connectivity index (χ0n) is 11.7. The van der Waals surface area contributed by atoms with Gasteiger partial charge in [-0.2, -0.15) is 0 Å². The average molecular weight is 263 g/mol. The van der Waals surface area contributed by atoms with Gasteiger partial charge in [0.25, 0.3) is 0 Å². The van der Waals surface area contributed by atoms with E-state index in [1.165, 1.54) is 0 Å². The van der Waals surface area contributed by atoms with Gasteiger partial charge in [-0.25, -0.2) is 0 Å². The maximum Gasteiger partial charge on any atom is 0.0668 e. The van der Waals surface area contributed by atoms with E-state index in [0.717, 1.165) is 31.2 Å². The van der Waals surface area contributed by atoms with E-state index < -0.39 is 0 Å². The third-order valence-corrected chi connectivity index (χ3v) is 4.10. The van der Waals surface area contributed by atoms with Crippen LogP contribution in [-0.2, 0) is 0 Å². The molecule has 1 saturated heterocycles. The van der Waals surface area contributed by atoms with Crippen LogP contribution in [0.15, 0.2) is 30.3 Å². The summed E-state index contributed by atoms with van der Waals surface area (Å²) < 4.78 is 0. The molecule has 0 radical (unpaired) electrons. The Labute approximate surface area is 115 Å². The van der Waals surface area contributed by atoms with E-state index in [1.807, 2.05) is 18.2 Å². The number of piperidine rings is 1. The summed E-state index contributed by atoms with van der Waals surface area (Å²) in [4.78, 5) is 2.30. The minimum Gasteiger partial charge on any atom is -0.394 e. The van der Waals surface area contributed by atoms with Crippen molar-refractivity contribution in [2.24, 2.45) is 0 Å². The van der Waals surface area contributed by atoms with Gasteiger partial charge in [0.05, 0.1) is 18.8 Å². The topological polar surface area (TPSA) is 43.7 Å². The summed E-state index contributed by atoms with van der Waals surface area (Å²) in [6.45, 7) is 2.97. The van der Waals surface area contributed by atoms with Crippen LogP contribution in [0.25, 0.3) is 0 Å². The molecule has 0 unspecified atom stereocenters. The van der Waals surface area contributed by atoms with Crippen molar-refractivity contribution < 1.29 is 10.2 Å². The Hall–Kier alpha value is -0.900. The molecule has 1 aliphatic heterocycles. The Morgan fingerprint density at radius 2 is 2.00 bits per heavy atom. The van der Waals surface area contributed by atoms with Gasteiger partial charge in [-0.05, 0) is 24.8 Å². The second-order valence-corrected chi connectivity index (χ2v) is 5.48. The van der Waals surface area contributed by atoms with Crippen molar-refractivity contribution in [1.29, 1.82) is 0 Å². The largest absolute Gasteiger partial charge is 0.394 e. The van der Waals surface area contributed by atoms with E-state index in [9.17, 15) is 10.2 Å². The second-order valence-electron chi connectivity index (χ2n) is 5.48. The Kier molecular flexibility index (Phi) is 5.37. The molecule has 0 spiro atoms. The predicted molar refractivity (Wildman–Crippen MR) is 76.9 cm³/mol. The summed E-state index contributed by atoms with van der Waals surface area (Å²) in [5, 5.41) is 19.7. The highest BCUT2D eigenvalue weighted by molar-refractivity contribution is 5.19.